The second kappa shape index (κ2) is 13.7. The molecule has 1 N–H and O–H groups in total. The SMILES string of the molecule is CCN(CC)CCOC1CC(N(C)C)c2ccccc2N(C(=O)c2ccc(NC(=O)c3ccccc3C)cc2)C1. The van der Waals surface area contributed by atoms with Crippen molar-refractivity contribution >= 4 is 23.2 Å². The highest BCUT2D eigenvalue weighted by Crippen LogP contribution is 2.37. The zero-order valence-corrected chi connectivity index (χ0v) is 24.4. The second-order valence-electron chi connectivity index (χ2n) is 10.6. The van der Waals surface area contributed by atoms with Crippen LogP contribution < -0.4 is 10.2 Å². The number of hydrogen-bond acceptors (Lipinski definition) is 5. The Kier molecular flexibility index (Phi) is 10.1. The number of benzene rings is 3. The summed E-state index contributed by atoms with van der Waals surface area (Å²) < 4.78 is 6.43. The Labute approximate surface area is 238 Å². The van der Waals surface area contributed by atoms with Gasteiger partial charge in [-0.3, -0.25) is 9.59 Å². The average Bonchev–Trinajstić information content (AvgIpc) is 3.13. The lowest BCUT2D eigenvalue weighted by atomic mass is 10.00. The molecule has 0 bridgehead atoms. The van der Waals surface area contributed by atoms with Gasteiger partial charge in [0.25, 0.3) is 11.8 Å². The van der Waals surface area contributed by atoms with E-state index in [0.29, 0.717) is 30.0 Å². The van der Waals surface area contributed by atoms with Crippen LogP contribution in [0.3, 0.4) is 0 Å². The van der Waals surface area contributed by atoms with Crippen LogP contribution in [0, 0.1) is 6.92 Å². The van der Waals surface area contributed by atoms with Gasteiger partial charge >= 0.3 is 0 Å². The number of carbonyl (C=O) groups is 2. The van der Waals surface area contributed by atoms with Crippen LogP contribution in [0.2, 0.25) is 0 Å². The van der Waals surface area contributed by atoms with E-state index in [1.54, 1.807) is 30.3 Å². The lowest BCUT2D eigenvalue weighted by Gasteiger charge is -2.27. The molecule has 0 radical (unpaired) electrons. The summed E-state index contributed by atoms with van der Waals surface area (Å²) in [5.74, 6) is -0.251. The Morgan fingerprint density at radius 3 is 2.30 bits per heavy atom. The smallest absolute Gasteiger partial charge is 0.258 e. The maximum absolute atomic E-state index is 14.0. The molecule has 0 saturated heterocycles. The number of nitrogens with zero attached hydrogens (tertiary/aromatic N) is 3. The first-order chi connectivity index (χ1) is 19.3. The number of ether oxygens (including phenoxy) is 1. The van der Waals surface area contributed by atoms with E-state index in [9.17, 15) is 9.59 Å². The minimum absolute atomic E-state index is 0.0824. The number of hydrogen-bond donors (Lipinski definition) is 1. The average molecular weight is 543 g/mol. The highest BCUT2D eigenvalue weighted by Gasteiger charge is 2.33. The summed E-state index contributed by atoms with van der Waals surface area (Å²) in [4.78, 5) is 33.1. The fourth-order valence-electron chi connectivity index (χ4n) is 5.34. The van der Waals surface area contributed by atoms with Gasteiger partial charge in [0.2, 0.25) is 0 Å². The number of rotatable bonds is 10. The lowest BCUT2D eigenvalue weighted by Crippen LogP contribution is -2.39. The van der Waals surface area contributed by atoms with Gasteiger partial charge in [-0.25, -0.2) is 0 Å². The van der Waals surface area contributed by atoms with Crippen LogP contribution in [-0.4, -0.2) is 74.6 Å². The van der Waals surface area contributed by atoms with Crippen molar-refractivity contribution in [3.05, 3.63) is 95.1 Å². The van der Waals surface area contributed by atoms with Gasteiger partial charge in [-0.2, -0.15) is 0 Å². The molecule has 2 unspecified atom stereocenters. The van der Waals surface area contributed by atoms with Crippen molar-refractivity contribution in [3.63, 3.8) is 0 Å². The summed E-state index contributed by atoms with van der Waals surface area (Å²) in [6.45, 7) is 10.2. The number of fused-ring (bicyclic) bond motifs is 1. The molecule has 1 aliphatic rings. The van der Waals surface area contributed by atoms with Crippen LogP contribution in [0.5, 0.6) is 0 Å². The molecule has 0 fully saturated rings. The topological polar surface area (TPSA) is 65.1 Å². The largest absolute Gasteiger partial charge is 0.375 e. The molecule has 0 saturated carbocycles. The molecule has 1 heterocycles. The van der Waals surface area contributed by atoms with E-state index in [4.69, 9.17) is 4.74 Å². The van der Waals surface area contributed by atoms with Crippen molar-refractivity contribution in [2.45, 2.75) is 39.3 Å². The minimum atomic E-state index is -0.168. The first-order valence-corrected chi connectivity index (χ1v) is 14.2. The summed E-state index contributed by atoms with van der Waals surface area (Å²) in [5, 5.41) is 2.94. The van der Waals surface area contributed by atoms with Gasteiger partial charge in [0.1, 0.15) is 0 Å². The van der Waals surface area contributed by atoms with E-state index in [-0.39, 0.29) is 24.0 Å². The van der Waals surface area contributed by atoms with Gasteiger partial charge in [0.05, 0.1) is 19.3 Å². The summed E-state index contributed by atoms with van der Waals surface area (Å²) in [5.41, 5.74) is 4.79. The van der Waals surface area contributed by atoms with Crippen molar-refractivity contribution in [1.82, 2.24) is 9.80 Å². The number of aryl methyl sites for hydroxylation is 1. The fraction of sp³-hybridized carbons (Fsp3) is 0.394. The molecule has 212 valence electrons. The number of amides is 2. The molecule has 0 aromatic heterocycles. The van der Waals surface area contributed by atoms with Gasteiger partial charge < -0.3 is 24.8 Å². The molecule has 2 amide bonds. The van der Waals surface area contributed by atoms with E-state index in [2.05, 4.69) is 49.1 Å². The predicted molar refractivity (Wildman–Crippen MR) is 162 cm³/mol. The van der Waals surface area contributed by atoms with Crippen molar-refractivity contribution in [1.29, 1.82) is 0 Å². The first-order valence-electron chi connectivity index (χ1n) is 14.2. The molecule has 4 rings (SSSR count). The normalized spacial score (nSPS) is 17.0. The fourth-order valence-corrected chi connectivity index (χ4v) is 5.34. The Balaban J connectivity index is 1.55. The molecular formula is C33H42N4O3. The molecular weight excluding hydrogens is 500 g/mol. The van der Waals surface area contributed by atoms with Gasteiger partial charge in [-0.1, -0.05) is 50.2 Å². The van der Waals surface area contributed by atoms with Crippen molar-refractivity contribution in [2.75, 3.05) is 57.1 Å². The first kappa shape index (κ1) is 29.5. The third-order valence-electron chi connectivity index (χ3n) is 7.76. The monoisotopic (exact) mass is 542 g/mol. The molecule has 0 spiro atoms. The van der Waals surface area contributed by atoms with Crippen LogP contribution in [-0.2, 0) is 4.74 Å². The molecule has 7 heteroatoms. The van der Waals surface area contributed by atoms with Gasteiger partial charge in [-0.05, 0) is 88.1 Å². The number of anilines is 2. The Morgan fingerprint density at radius 1 is 0.950 bits per heavy atom. The van der Waals surface area contributed by atoms with E-state index >= 15 is 0 Å². The third-order valence-corrected chi connectivity index (χ3v) is 7.76. The molecule has 0 aliphatic carbocycles. The minimum Gasteiger partial charge on any atom is -0.375 e. The van der Waals surface area contributed by atoms with Gasteiger partial charge in [0, 0.05) is 35.1 Å². The summed E-state index contributed by atoms with van der Waals surface area (Å²) in [6, 6.07) is 22.9. The van der Waals surface area contributed by atoms with Gasteiger partial charge in [-0.15, -0.1) is 0 Å². The van der Waals surface area contributed by atoms with E-state index < -0.39 is 0 Å². The number of nitrogens with one attached hydrogen (secondary N) is 1. The maximum Gasteiger partial charge on any atom is 0.258 e. The molecule has 40 heavy (non-hydrogen) atoms. The van der Waals surface area contributed by atoms with Crippen LogP contribution >= 0.6 is 0 Å². The van der Waals surface area contributed by atoms with Crippen molar-refractivity contribution in [2.24, 2.45) is 0 Å². The number of likely N-dealkylation sites (N-methyl/N-ethyl adjacent to an activating group) is 1. The lowest BCUT2D eigenvalue weighted by molar-refractivity contribution is 0.0253. The highest BCUT2D eigenvalue weighted by molar-refractivity contribution is 6.08. The van der Waals surface area contributed by atoms with E-state index in [1.165, 1.54) is 0 Å². The van der Waals surface area contributed by atoms with Crippen LogP contribution in [0.25, 0.3) is 0 Å². The third kappa shape index (κ3) is 6.97. The zero-order valence-electron chi connectivity index (χ0n) is 24.4. The van der Waals surface area contributed by atoms with E-state index in [0.717, 1.165) is 42.9 Å². The zero-order chi connectivity index (χ0) is 28.6. The Hall–Kier alpha value is -3.52. The second-order valence-corrected chi connectivity index (χ2v) is 10.6. The van der Waals surface area contributed by atoms with Crippen LogP contribution in [0.15, 0.2) is 72.8 Å². The molecule has 2 atom stereocenters. The quantitative estimate of drug-likeness (QED) is 0.360. The molecule has 7 nitrogen and oxygen atoms in total. The molecule has 1 aliphatic heterocycles. The Bertz CT molecular complexity index is 1290. The van der Waals surface area contributed by atoms with Crippen LogP contribution in [0.1, 0.15) is 58.2 Å². The van der Waals surface area contributed by atoms with E-state index in [1.807, 2.05) is 48.2 Å². The molecule has 3 aromatic carbocycles. The van der Waals surface area contributed by atoms with Gasteiger partial charge in [0.15, 0.2) is 0 Å². The molecule has 3 aromatic rings. The van der Waals surface area contributed by atoms with Crippen molar-refractivity contribution < 1.29 is 14.3 Å². The maximum atomic E-state index is 14.0. The van der Waals surface area contributed by atoms with Crippen LogP contribution in [0.4, 0.5) is 11.4 Å². The Morgan fingerprint density at radius 2 is 1.62 bits per heavy atom. The predicted octanol–water partition coefficient (Wildman–Crippen LogP) is 5.63. The standard InChI is InChI=1S/C33H42N4O3/c1-6-36(7-2)20-21-40-27-22-31(35(4)5)29-14-10-11-15-30(29)37(23-27)33(39)25-16-18-26(19-17-25)34-32(38)28-13-9-8-12-24(28)3/h8-19,27,31H,6-7,20-23H2,1-5H3,(H,34,38). The summed E-state index contributed by atoms with van der Waals surface area (Å²) >= 11 is 0. The number of para-hydroxylation sites is 1. The summed E-state index contributed by atoms with van der Waals surface area (Å²) in [6.07, 6.45) is 0.697. The summed E-state index contributed by atoms with van der Waals surface area (Å²) in [7, 11) is 4.16. The van der Waals surface area contributed by atoms with Crippen molar-refractivity contribution in [3.8, 4) is 0 Å². The number of carbonyl (C=O) groups excluding carboxylic acids is 2. The highest BCUT2D eigenvalue weighted by atomic mass is 16.5.